The fourth-order valence-corrected chi connectivity index (χ4v) is 5.11. The zero-order valence-corrected chi connectivity index (χ0v) is 18.2. The minimum absolute atomic E-state index is 0.0453. The first-order valence-corrected chi connectivity index (χ1v) is 11.8. The maximum Gasteiger partial charge on any atom is 0.320 e. The number of benzene rings is 1. The molecule has 2 amide bonds. The quantitative estimate of drug-likeness (QED) is 0.765. The number of hydrogen-bond acceptors (Lipinski definition) is 4. The fraction of sp³-hybridized carbons (Fsp3) is 0.611. The van der Waals surface area contributed by atoms with Gasteiger partial charge in [0.15, 0.2) is 0 Å². The molecule has 0 bridgehead atoms. The average Bonchev–Trinajstić information content (AvgIpc) is 3.08. The lowest BCUT2D eigenvalue weighted by Gasteiger charge is -2.35. The van der Waals surface area contributed by atoms with Crippen LogP contribution in [0.25, 0.3) is 0 Å². The predicted molar refractivity (Wildman–Crippen MR) is 109 cm³/mol. The monoisotopic (exact) mass is 449 g/mol. The summed E-state index contributed by atoms with van der Waals surface area (Å²) >= 11 is 12.2. The van der Waals surface area contributed by atoms with Crippen molar-refractivity contribution in [1.29, 1.82) is 0 Å². The summed E-state index contributed by atoms with van der Waals surface area (Å²) in [4.78, 5) is 16.4. The van der Waals surface area contributed by atoms with E-state index >= 15 is 0 Å². The molecule has 2 aliphatic heterocycles. The fourth-order valence-electron chi connectivity index (χ4n) is 3.98. The van der Waals surface area contributed by atoms with E-state index in [1.54, 1.807) is 28.9 Å². The van der Waals surface area contributed by atoms with Crippen LogP contribution in [0.15, 0.2) is 18.2 Å². The molecule has 2 fully saturated rings. The zero-order valence-electron chi connectivity index (χ0n) is 15.9. The smallest absolute Gasteiger partial charge is 0.320 e. The lowest BCUT2D eigenvalue weighted by Crippen LogP contribution is -2.53. The second-order valence-electron chi connectivity index (χ2n) is 7.52. The van der Waals surface area contributed by atoms with Gasteiger partial charge in [-0.25, -0.2) is 13.2 Å². The first-order chi connectivity index (χ1) is 13.1. The van der Waals surface area contributed by atoms with Gasteiger partial charge in [0, 0.05) is 51.1 Å². The normalized spacial score (nSPS) is 25.2. The Morgan fingerprint density at radius 3 is 2.29 bits per heavy atom. The molecule has 3 rings (SSSR count). The van der Waals surface area contributed by atoms with Crippen molar-refractivity contribution in [2.24, 2.45) is 5.92 Å². The molecule has 3 atom stereocenters. The number of urea groups is 1. The van der Waals surface area contributed by atoms with Crippen LogP contribution >= 0.6 is 23.2 Å². The van der Waals surface area contributed by atoms with Crippen molar-refractivity contribution < 1.29 is 18.3 Å². The van der Waals surface area contributed by atoms with Crippen LogP contribution in [0.2, 0.25) is 10.0 Å². The number of nitrogens with zero attached hydrogens (tertiary/aromatic N) is 3. The number of carbonyl (C=O) groups is 1. The van der Waals surface area contributed by atoms with E-state index in [-0.39, 0.29) is 17.9 Å². The number of aliphatic hydroxyl groups excluding tert-OH is 1. The number of carbonyl (C=O) groups excluding carboxylic acids is 1. The van der Waals surface area contributed by atoms with Crippen LogP contribution in [0, 0.1) is 5.92 Å². The summed E-state index contributed by atoms with van der Waals surface area (Å²) in [6.45, 7) is 3.96. The average molecular weight is 450 g/mol. The third-order valence-electron chi connectivity index (χ3n) is 5.61. The number of likely N-dealkylation sites (tertiary alicyclic amines) is 1. The summed E-state index contributed by atoms with van der Waals surface area (Å²) in [6.07, 6.45) is 0.597. The number of sulfonamides is 1. The Morgan fingerprint density at radius 2 is 1.75 bits per heavy atom. The van der Waals surface area contributed by atoms with Gasteiger partial charge in [-0.05, 0) is 24.6 Å². The van der Waals surface area contributed by atoms with E-state index < -0.39 is 16.1 Å². The van der Waals surface area contributed by atoms with Crippen molar-refractivity contribution in [2.45, 2.75) is 18.9 Å². The minimum Gasteiger partial charge on any atom is -0.393 e. The van der Waals surface area contributed by atoms with E-state index in [9.17, 15) is 18.3 Å². The topological polar surface area (TPSA) is 81.2 Å². The number of aliphatic hydroxyl groups is 1. The van der Waals surface area contributed by atoms with Gasteiger partial charge < -0.3 is 14.9 Å². The van der Waals surface area contributed by atoms with Crippen LogP contribution in [0.1, 0.15) is 18.4 Å². The van der Waals surface area contributed by atoms with Gasteiger partial charge in [0.05, 0.1) is 22.4 Å². The van der Waals surface area contributed by atoms with Gasteiger partial charge in [-0.15, -0.1) is 0 Å². The summed E-state index contributed by atoms with van der Waals surface area (Å²) in [6, 6.07) is 5.28. The number of piperazine rings is 1. The second kappa shape index (κ2) is 8.36. The van der Waals surface area contributed by atoms with E-state index in [0.29, 0.717) is 49.3 Å². The molecule has 0 aliphatic carbocycles. The van der Waals surface area contributed by atoms with E-state index in [4.69, 9.17) is 23.2 Å². The molecule has 0 saturated carbocycles. The highest BCUT2D eigenvalue weighted by molar-refractivity contribution is 7.88. The molecule has 156 valence electrons. The number of amides is 2. The molecular weight excluding hydrogens is 425 g/mol. The van der Waals surface area contributed by atoms with Crippen molar-refractivity contribution in [3.8, 4) is 0 Å². The largest absolute Gasteiger partial charge is 0.393 e. The van der Waals surface area contributed by atoms with Crippen LogP contribution in [-0.2, 0) is 10.0 Å². The van der Waals surface area contributed by atoms with Gasteiger partial charge in [0.2, 0.25) is 10.0 Å². The van der Waals surface area contributed by atoms with Crippen molar-refractivity contribution in [2.75, 3.05) is 45.5 Å². The number of halogens is 2. The van der Waals surface area contributed by atoms with E-state index in [1.807, 2.05) is 6.07 Å². The van der Waals surface area contributed by atoms with Gasteiger partial charge in [-0.3, -0.25) is 0 Å². The molecule has 0 aromatic heterocycles. The highest BCUT2D eigenvalue weighted by Gasteiger charge is 2.40. The van der Waals surface area contributed by atoms with Gasteiger partial charge in [-0.2, -0.15) is 4.31 Å². The predicted octanol–water partition coefficient (Wildman–Crippen LogP) is 2.09. The van der Waals surface area contributed by atoms with Crippen molar-refractivity contribution in [3.63, 3.8) is 0 Å². The molecule has 0 spiro atoms. The Hall–Kier alpha value is -1.06. The van der Waals surface area contributed by atoms with Crippen LogP contribution < -0.4 is 0 Å². The molecule has 7 nitrogen and oxygen atoms in total. The molecule has 2 saturated heterocycles. The number of rotatable bonds is 3. The maximum absolute atomic E-state index is 13.0. The summed E-state index contributed by atoms with van der Waals surface area (Å²) in [5.41, 5.74) is 0.942. The van der Waals surface area contributed by atoms with Crippen molar-refractivity contribution in [1.82, 2.24) is 14.1 Å². The summed E-state index contributed by atoms with van der Waals surface area (Å²) < 4.78 is 24.7. The van der Waals surface area contributed by atoms with E-state index in [0.717, 1.165) is 5.56 Å². The van der Waals surface area contributed by atoms with Crippen LogP contribution in [-0.4, -0.2) is 85.3 Å². The standard InChI is InChI=1S/C18H25Cl2N3O4S/c1-12(24)14-10-22(11-15(14)13-3-4-16(19)17(20)9-13)18(25)21-5-7-23(8-6-21)28(2,26)27/h3-4,9,12,14-15,24H,5-8,10-11H2,1-2H3/t12-,14+,15+/m1/s1. The van der Waals surface area contributed by atoms with Crippen LogP contribution in [0.3, 0.4) is 0 Å². The summed E-state index contributed by atoms with van der Waals surface area (Å²) in [5.74, 6) is -0.158. The lowest BCUT2D eigenvalue weighted by molar-refractivity contribution is 0.115. The zero-order chi connectivity index (χ0) is 20.6. The van der Waals surface area contributed by atoms with Crippen molar-refractivity contribution >= 4 is 39.3 Å². The van der Waals surface area contributed by atoms with Gasteiger partial charge >= 0.3 is 6.03 Å². The molecule has 2 heterocycles. The Morgan fingerprint density at radius 1 is 1.11 bits per heavy atom. The molecule has 1 aromatic rings. The Kier molecular flexibility index (Phi) is 6.46. The highest BCUT2D eigenvalue weighted by atomic mass is 35.5. The molecular formula is C18H25Cl2N3O4S. The van der Waals surface area contributed by atoms with E-state index in [1.165, 1.54) is 10.6 Å². The third-order valence-corrected chi connectivity index (χ3v) is 7.65. The van der Waals surface area contributed by atoms with Crippen LogP contribution in [0.4, 0.5) is 4.79 Å². The minimum atomic E-state index is -3.24. The third kappa shape index (κ3) is 4.57. The molecule has 1 aromatic carbocycles. The molecule has 1 N–H and O–H groups in total. The molecule has 2 aliphatic rings. The maximum atomic E-state index is 13.0. The highest BCUT2D eigenvalue weighted by Crippen LogP contribution is 2.37. The SMILES string of the molecule is C[C@@H](O)[C@@H]1CN(C(=O)N2CCN(S(C)(=O)=O)CC2)C[C@H]1c1ccc(Cl)c(Cl)c1. The summed E-state index contributed by atoms with van der Waals surface area (Å²) in [7, 11) is -3.24. The second-order valence-corrected chi connectivity index (χ2v) is 10.3. The summed E-state index contributed by atoms with van der Waals surface area (Å²) in [5, 5.41) is 11.2. The Bertz CT molecular complexity index is 841. The molecule has 28 heavy (non-hydrogen) atoms. The Balaban J connectivity index is 1.71. The molecule has 0 unspecified atom stereocenters. The number of hydrogen-bond donors (Lipinski definition) is 1. The van der Waals surface area contributed by atoms with Gasteiger partial charge in [0.1, 0.15) is 0 Å². The lowest BCUT2D eigenvalue weighted by atomic mass is 9.86. The molecule has 10 heteroatoms. The first-order valence-electron chi connectivity index (χ1n) is 9.20. The first kappa shape index (κ1) is 21.6. The Labute approximate surface area is 175 Å². The van der Waals surface area contributed by atoms with Gasteiger partial charge in [0.25, 0.3) is 0 Å². The van der Waals surface area contributed by atoms with Crippen molar-refractivity contribution in [3.05, 3.63) is 33.8 Å². The van der Waals surface area contributed by atoms with Crippen LogP contribution in [0.5, 0.6) is 0 Å². The van der Waals surface area contributed by atoms with Gasteiger partial charge in [-0.1, -0.05) is 29.3 Å². The van der Waals surface area contributed by atoms with E-state index in [2.05, 4.69) is 0 Å². The molecule has 0 radical (unpaired) electrons.